The number of methoxy groups -OCH3 is 1. The molecule has 0 aliphatic rings. The molecular formula is C30H30N6O. The number of aliphatic imine (C=N–C) groups is 1. The minimum Gasteiger partial charge on any atom is -0.481 e. The Morgan fingerprint density at radius 3 is 2.68 bits per heavy atom. The van der Waals surface area contributed by atoms with E-state index < -0.39 is 0 Å². The topological polar surface area (TPSA) is 67.9 Å². The zero-order valence-corrected chi connectivity index (χ0v) is 22.0. The Balaban J connectivity index is 2.04. The van der Waals surface area contributed by atoms with Gasteiger partial charge in [0.15, 0.2) is 5.82 Å². The third-order valence-electron chi connectivity index (χ3n) is 5.54. The molecule has 0 bridgehead atoms. The summed E-state index contributed by atoms with van der Waals surface area (Å²) in [4.78, 5) is 20.6. The Morgan fingerprint density at radius 1 is 1.11 bits per heavy atom. The number of allylic oxidation sites excluding steroid dienone is 4. The average Bonchev–Trinajstić information content (AvgIpc) is 3.27. The largest absolute Gasteiger partial charge is 0.481 e. The van der Waals surface area contributed by atoms with Gasteiger partial charge in [0.1, 0.15) is 17.0 Å². The highest BCUT2D eigenvalue weighted by molar-refractivity contribution is 5.86. The molecule has 0 radical (unpaired) electrons. The minimum absolute atomic E-state index is 0.501. The summed E-state index contributed by atoms with van der Waals surface area (Å²) in [6, 6.07) is 11.8. The van der Waals surface area contributed by atoms with E-state index in [1.165, 1.54) is 0 Å². The van der Waals surface area contributed by atoms with Crippen molar-refractivity contribution in [3.63, 3.8) is 0 Å². The number of imidazole rings is 1. The number of fused-ring (bicyclic) bond motifs is 1. The first-order valence-corrected chi connectivity index (χ1v) is 12.0. The predicted octanol–water partition coefficient (Wildman–Crippen LogP) is 5.87. The molecule has 7 heteroatoms. The maximum Gasteiger partial charge on any atom is 0.222 e. The molecular weight excluding hydrogens is 460 g/mol. The molecule has 0 unspecified atom stereocenters. The van der Waals surface area contributed by atoms with Crippen LogP contribution in [0.15, 0.2) is 77.6 Å². The molecule has 4 heterocycles. The van der Waals surface area contributed by atoms with Gasteiger partial charge in [0.25, 0.3) is 0 Å². The zero-order valence-electron chi connectivity index (χ0n) is 22.0. The van der Waals surface area contributed by atoms with Crippen molar-refractivity contribution in [2.75, 3.05) is 21.2 Å². The summed E-state index contributed by atoms with van der Waals surface area (Å²) in [6.45, 7) is 5.99. The summed E-state index contributed by atoms with van der Waals surface area (Å²) >= 11 is 0. The molecule has 0 amide bonds. The van der Waals surface area contributed by atoms with E-state index in [0.29, 0.717) is 17.4 Å². The Bertz CT molecular complexity index is 1580. The third-order valence-corrected chi connectivity index (χ3v) is 5.54. The van der Waals surface area contributed by atoms with E-state index in [1.807, 2.05) is 87.6 Å². The number of pyridine rings is 3. The van der Waals surface area contributed by atoms with Crippen molar-refractivity contribution < 1.29 is 4.74 Å². The molecule has 0 aromatic carbocycles. The first kappa shape index (κ1) is 25.4. The lowest BCUT2D eigenvalue weighted by Crippen LogP contribution is -2.07. The van der Waals surface area contributed by atoms with E-state index in [4.69, 9.17) is 14.7 Å². The van der Waals surface area contributed by atoms with Gasteiger partial charge in [0.2, 0.25) is 5.88 Å². The average molecular weight is 491 g/mol. The number of aryl methyl sites for hydroxylation is 1. The fourth-order valence-electron chi connectivity index (χ4n) is 3.83. The van der Waals surface area contributed by atoms with Gasteiger partial charge in [-0.05, 0) is 68.7 Å². The van der Waals surface area contributed by atoms with Crippen LogP contribution in [-0.2, 0) is 0 Å². The number of rotatable bonds is 6. The first-order valence-electron chi connectivity index (χ1n) is 12.0. The molecule has 0 aliphatic heterocycles. The monoisotopic (exact) mass is 490 g/mol. The molecule has 186 valence electrons. The lowest BCUT2D eigenvalue weighted by atomic mass is 10.0. The summed E-state index contributed by atoms with van der Waals surface area (Å²) in [7, 11) is 5.45. The molecule has 0 saturated carbocycles. The van der Waals surface area contributed by atoms with Crippen LogP contribution in [0.2, 0.25) is 0 Å². The van der Waals surface area contributed by atoms with Crippen LogP contribution in [-0.4, -0.2) is 51.8 Å². The number of nitrogens with zero attached hydrogens (tertiary/aromatic N) is 6. The lowest BCUT2D eigenvalue weighted by Gasteiger charge is -2.11. The second kappa shape index (κ2) is 11.4. The van der Waals surface area contributed by atoms with Gasteiger partial charge in [-0.15, -0.1) is 0 Å². The maximum absolute atomic E-state index is 5.59. The molecule has 0 atom stereocenters. The molecule has 0 fully saturated rings. The van der Waals surface area contributed by atoms with Crippen molar-refractivity contribution in [3.8, 4) is 40.2 Å². The summed E-state index contributed by atoms with van der Waals surface area (Å²) in [5, 5.41) is 0. The molecule has 4 aromatic rings. The highest BCUT2D eigenvalue weighted by Crippen LogP contribution is 2.38. The van der Waals surface area contributed by atoms with Crippen LogP contribution in [0.1, 0.15) is 25.1 Å². The normalized spacial score (nSPS) is 11.8. The van der Waals surface area contributed by atoms with Crippen LogP contribution in [0.4, 0.5) is 5.82 Å². The quantitative estimate of drug-likeness (QED) is 0.146. The first-order chi connectivity index (χ1) is 17.9. The number of aromatic nitrogens is 4. The standard InChI is InChI=1S/C30H30N6O/c1-7-10-22(8-2)12-14-25-23(13-15-26(33-25)32-20-35(4)5)29-28(24-11-9-17-31-30(24)37-6)34-27-19-21(3)16-18-36(27)29/h7-11,13,15-20H,1-6H3/b10-7-,22-8+,32-20?. The molecule has 37 heavy (non-hydrogen) atoms. The predicted molar refractivity (Wildman–Crippen MR) is 150 cm³/mol. The Kier molecular flexibility index (Phi) is 7.80. The highest BCUT2D eigenvalue weighted by Gasteiger charge is 2.22. The second-order valence-electron chi connectivity index (χ2n) is 8.57. The van der Waals surface area contributed by atoms with Gasteiger partial charge < -0.3 is 9.64 Å². The fraction of sp³-hybridized carbons (Fsp3) is 0.200. The van der Waals surface area contributed by atoms with Crippen molar-refractivity contribution in [3.05, 3.63) is 83.9 Å². The van der Waals surface area contributed by atoms with Crippen LogP contribution in [0.5, 0.6) is 5.88 Å². The minimum atomic E-state index is 0.501. The number of hydrogen-bond donors (Lipinski definition) is 0. The van der Waals surface area contributed by atoms with Crippen molar-refractivity contribution in [2.24, 2.45) is 4.99 Å². The van der Waals surface area contributed by atoms with Gasteiger partial charge in [0.05, 0.1) is 24.7 Å². The summed E-state index contributed by atoms with van der Waals surface area (Å²) in [5.41, 5.74) is 6.66. The van der Waals surface area contributed by atoms with E-state index in [9.17, 15) is 0 Å². The van der Waals surface area contributed by atoms with E-state index in [2.05, 4.69) is 39.2 Å². The third kappa shape index (κ3) is 5.60. The number of hydrogen-bond acceptors (Lipinski definition) is 5. The van der Waals surface area contributed by atoms with Crippen LogP contribution in [0, 0.1) is 18.8 Å². The Labute approximate surface area is 217 Å². The van der Waals surface area contributed by atoms with Gasteiger partial charge in [0, 0.05) is 37.6 Å². The van der Waals surface area contributed by atoms with Crippen molar-refractivity contribution in [1.82, 2.24) is 24.3 Å². The molecule has 0 aliphatic carbocycles. The summed E-state index contributed by atoms with van der Waals surface area (Å²) in [6.07, 6.45) is 11.4. The van der Waals surface area contributed by atoms with Crippen LogP contribution >= 0.6 is 0 Å². The van der Waals surface area contributed by atoms with E-state index >= 15 is 0 Å². The smallest absolute Gasteiger partial charge is 0.222 e. The Hall–Kier alpha value is -4.70. The molecule has 4 aromatic heterocycles. The maximum atomic E-state index is 5.59. The molecule has 0 N–H and O–H groups in total. The molecule has 0 saturated heterocycles. The van der Waals surface area contributed by atoms with E-state index in [0.717, 1.165) is 39.3 Å². The van der Waals surface area contributed by atoms with Gasteiger partial charge in [-0.3, -0.25) is 4.40 Å². The van der Waals surface area contributed by atoms with Gasteiger partial charge in [-0.25, -0.2) is 19.9 Å². The van der Waals surface area contributed by atoms with Crippen LogP contribution in [0.3, 0.4) is 0 Å². The summed E-state index contributed by atoms with van der Waals surface area (Å²) < 4.78 is 7.65. The summed E-state index contributed by atoms with van der Waals surface area (Å²) in [5.74, 6) is 7.62. The van der Waals surface area contributed by atoms with Gasteiger partial charge in [-0.2, -0.15) is 0 Å². The van der Waals surface area contributed by atoms with Crippen molar-refractivity contribution in [2.45, 2.75) is 20.8 Å². The van der Waals surface area contributed by atoms with Gasteiger partial charge >= 0.3 is 0 Å². The Morgan fingerprint density at radius 2 is 1.95 bits per heavy atom. The van der Waals surface area contributed by atoms with Crippen molar-refractivity contribution >= 4 is 17.8 Å². The number of ether oxygens (including phenoxy) is 1. The SMILES string of the molecule is C/C=C\C(C#Cc1nc(N=CN(C)C)ccc1-c1c(-c2cccnc2OC)nc2cc(C)ccn12)=C/C. The molecule has 4 rings (SSSR count). The van der Waals surface area contributed by atoms with Crippen LogP contribution < -0.4 is 4.74 Å². The zero-order chi connectivity index (χ0) is 26.4. The van der Waals surface area contributed by atoms with Crippen LogP contribution in [0.25, 0.3) is 28.2 Å². The van der Waals surface area contributed by atoms with Gasteiger partial charge in [-0.1, -0.05) is 24.1 Å². The second-order valence-corrected chi connectivity index (χ2v) is 8.57. The molecule has 0 spiro atoms. The molecule has 7 nitrogen and oxygen atoms in total. The lowest BCUT2D eigenvalue weighted by molar-refractivity contribution is 0.399. The fourth-order valence-corrected chi connectivity index (χ4v) is 3.83. The van der Waals surface area contributed by atoms with Crippen molar-refractivity contribution in [1.29, 1.82) is 0 Å². The van der Waals surface area contributed by atoms with E-state index in [1.54, 1.807) is 19.6 Å². The highest BCUT2D eigenvalue weighted by atomic mass is 16.5. The van der Waals surface area contributed by atoms with E-state index in [-0.39, 0.29) is 0 Å².